The highest BCUT2D eigenvalue weighted by Crippen LogP contribution is 2.32. The highest BCUT2D eigenvalue weighted by atomic mass is 16.5. The Morgan fingerprint density at radius 1 is 1.23 bits per heavy atom. The molecule has 0 spiro atoms. The Hall–Kier alpha value is -3.08. The minimum Gasteiger partial charge on any atom is -0.497 e. The Morgan fingerprint density at radius 2 is 2.10 bits per heavy atom. The van der Waals surface area contributed by atoms with Gasteiger partial charge >= 0.3 is 0 Å². The van der Waals surface area contributed by atoms with Gasteiger partial charge in [0.2, 0.25) is 0 Å². The normalized spacial score (nSPS) is 15.0. The van der Waals surface area contributed by atoms with Crippen LogP contribution >= 0.6 is 0 Å². The molecule has 31 heavy (non-hydrogen) atoms. The first-order chi connectivity index (χ1) is 15.1. The number of carbonyl (C=O) groups is 1. The van der Waals surface area contributed by atoms with Crippen LogP contribution in [0.2, 0.25) is 0 Å². The van der Waals surface area contributed by atoms with Gasteiger partial charge in [-0.1, -0.05) is 17.7 Å². The molecule has 2 aromatic carbocycles. The van der Waals surface area contributed by atoms with E-state index < -0.39 is 0 Å². The summed E-state index contributed by atoms with van der Waals surface area (Å²) in [5, 5.41) is 0. The van der Waals surface area contributed by atoms with Gasteiger partial charge < -0.3 is 14.2 Å². The molecule has 0 atom stereocenters. The summed E-state index contributed by atoms with van der Waals surface area (Å²) in [4.78, 5) is 20.2. The van der Waals surface area contributed by atoms with Gasteiger partial charge in [-0.25, -0.2) is 4.98 Å². The van der Waals surface area contributed by atoms with E-state index in [0.29, 0.717) is 23.8 Å². The summed E-state index contributed by atoms with van der Waals surface area (Å²) in [5.41, 5.74) is 5.20. The zero-order chi connectivity index (χ0) is 21.4. The third kappa shape index (κ3) is 4.36. The van der Waals surface area contributed by atoms with Gasteiger partial charge in [-0.15, -0.1) is 0 Å². The molecule has 2 heterocycles. The smallest absolute Gasteiger partial charge is 0.254 e. The van der Waals surface area contributed by atoms with Crippen molar-refractivity contribution in [3.05, 3.63) is 71.2 Å². The molecule has 1 aliphatic carbocycles. The summed E-state index contributed by atoms with van der Waals surface area (Å²) in [6.07, 6.45) is 6.83. The van der Waals surface area contributed by atoms with Crippen LogP contribution in [0.4, 0.5) is 0 Å². The first-order valence-corrected chi connectivity index (χ1v) is 11.2. The average Bonchev–Trinajstić information content (AvgIpc) is 3.32. The first-order valence-electron chi connectivity index (χ1n) is 11.2. The summed E-state index contributed by atoms with van der Waals surface area (Å²) in [5.74, 6) is 2.58. The van der Waals surface area contributed by atoms with Crippen molar-refractivity contribution < 1.29 is 9.53 Å². The first kappa shape index (κ1) is 19.9. The van der Waals surface area contributed by atoms with Crippen molar-refractivity contribution in [2.75, 3.05) is 13.7 Å². The second-order valence-electron chi connectivity index (χ2n) is 8.91. The summed E-state index contributed by atoms with van der Waals surface area (Å²) in [6.45, 7) is 4.59. The number of amides is 1. The fraction of sp³-hybridized carbons (Fsp3) is 0.385. The molecule has 1 aromatic heterocycles. The second-order valence-corrected chi connectivity index (χ2v) is 8.91. The quantitative estimate of drug-likeness (QED) is 0.553. The average molecular weight is 416 g/mol. The van der Waals surface area contributed by atoms with Gasteiger partial charge in [0.1, 0.15) is 11.6 Å². The highest BCUT2D eigenvalue weighted by Gasteiger charge is 2.28. The largest absolute Gasteiger partial charge is 0.497 e. The molecule has 2 aliphatic rings. The lowest BCUT2D eigenvalue weighted by Crippen LogP contribution is -2.32. The monoisotopic (exact) mass is 415 g/mol. The maximum absolute atomic E-state index is 13.4. The van der Waals surface area contributed by atoms with Crippen LogP contribution in [0.25, 0.3) is 11.3 Å². The van der Waals surface area contributed by atoms with Gasteiger partial charge in [0.05, 0.1) is 12.8 Å². The molecule has 1 fully saturated rings. The van der Waals surface area contributed by atoms with E-state index in [1.807, 2.05) is 29.2 Å². The minimum atomic E-state index is 0.0647. The minimum absolute atomic E-state index is 0.0647. The van der Waals surface area contributed by atoms with Crippen molar-refractivity contribution >= 4 is 5.91 Å². The zero-order valence-corrected chi connectivity index (χ0v) is 18.3. The van der Waals surface area contributed by atoms with Gasteiger partial charge in [-0.3, -0.25) is 4.79 Å². The molecule has 160 valence electrons. The van der Waals surface area contributed by atoms with Crippen molar-refractivity contribution in [1.82, 2.24) is 14.5 Å². The predicted octanol–water partition coefficient (Wildman–Crippen LogP) is 4.87. The standard InChI is InChI=1S/C26H29N3O2/c1-18-11-20(13-22(12-18)24-17-28-10-4-7-25(28)27-24)16-29(15-19-8-9-19)26(30)21-5-3-6-23(14-21)31-2/h3,5-6,11-14,17,19H,4,7-10,15-16H2,1-2H3. The lowest BCUT2D eigenvalue weighted by Gasteiger charge is -2.24. The molecule has 0 unspecified atom stereocenters. The van der Waals surface area contributed by atoms with Crippen LogP contribution in [0, 0.1) is 12.8 Å². The molecule has 0 N–H and O–H groups in total. The van der Waals surface area contributed by atoms with Gasteiger partial charge in [-0.05, 0) is 68.0 Å². The second kappa shape index (κ2) is 8.22. The maximum atomic E-state index is 13.4. The van der Waals surface area contributed by atoms with Gasteiger partial charge in [-0.2, -0.15) is 0 Å². The van der Waals surface area contributed by atoms with Gasteiger partial charge in [0.25, 0.3) is 5.91 Å². The van der Waals surface area contributed by atoms with Crippen LogP contribution in [0.15, 0.2) is 48.7 Å². The Labute approximate surface area is 183 Å². The number of fused-ring (bicyclic) bond motifs is 1. The van der Waals surface area contributed by atoms with E-state index >= 15 is 0 Å². The van der Waals surface area contributed by atoms with E-state index in [4.69, 9.17) is 9.72 Å². The number of hydrogen-bond donors (Lipinski definition) is 0. The van der Waals surface area contributed by atoms with Crippen LogP contribution in [-0.2, 0) is 19.5 Å². The molecule has 0 saturated heterocycles. The molecule has 0 bridgehead atoms. The van der Waals surface area contributed by atoms with Crippen LogP contribution in [0.1, 0.15) is 46.6 Å². The Balaban J connectivity index is 1.42. The third-order valence-corrected chi connectivity index (χ3v) is 6.24. The lowest BCUT2D eigenvalue weighted by atomic mass is 10.0. The molecular weight excluding hydrogens is 386 g/mol. The number of imidazole rings is 1. The molecule has 3 aromatic rings. The third-order valence-electron chi connectivity index (χ3n) is 6.24. The van der Waals surface area contributed by atoms with E-state index in [1.165, 1.54) is 30.7 Å². The molecule has 1 saturated carbocycles. The van der Waals surface area contributed by atoms with Crippen LogP contribution in [0.3, 0.4) is 0 Å². The number of methoxy groups -OCH3 is 1. The number of aryl methyl sites for hydroxylation is 3. The fourth-order valence-corrected chi connectivity index (χ4v) is 4.49. The van der Waals surface area contributed by atoms with E-state index in [9.17, 15) is 4.79 Å². The lowest BCUT2D eigenvalue weighted by molar-refractivity contribution is 0.0734. The zero-order valence-electron chi connectivity index (χ0n) is 18.3. The van der Waals surface area contributed by atoms with Crippen molar-refractivity contribution in [2.45, 2.75) is 45.7 Å². The molecule has 5 heteroatoms. The predicted molar refractivity (Wildman–Crippen MR) is 121 cm³/mol. The van der Waals surface area contributed by atoms with Gasteiger partial charge in [0, 0.05) is 43.4 Å². The number of nitrogens with zero attached hydrogens (tertiary/aromatic N) is 3. The van der Waals surface area contributed by atoms with Crippen molar-refractivity contribution in [3.8, 4) is 17.0 Å². The summed E-state index contributed by atoms with van der Waals surface area (Å²) in [6, 6.07) is 14.0. The van der Waals surface area contributed by atoms with Crippen LogP contribution in [-0.4, -0.2) is 34.0 Å². The summed E-state index contributed by atoms with van der Waals surface area (Å²) < 4.78 is 7.59. The fourth-order valence-electron chi connectivity index (χ4n) is 4.49. The number of carbonyl (C=O) groups excluding carboxylic acids is 1. The van der Waals surface area contributed by atoms with E-state index in [0.717, 1.165) is 36.3 Å². The number of hydrogen-bond acceptors (Lipinski definition) is 3. The van der Waals surface area contributed by atoms with Gasteiger partial charge in [0.15, 0.2) is 0 Å². The van der Waals surface area contributed by atoms with Crippen LogP contribution in [0.5, 0.6) is 5.75 Å². The van der Waals surface area contributed by atoms with Crippen molar-refractivity contribution in [3.63, 3.8) is 0 Å². The summed E-state index contributed by atoms with van der Waals surface area (Å²) in [7, 11) is 1.63. The SMILES string of the molecule is COc1cccc(C(=O)N(Cc2cc(C)cc(-c3cn4c(n3)CCC4)c2)CC2CC2)c1. The van der Waals surface area contributed by atoms with Crippen LogP contribution < -0.4 is 4.74 Å². The molecule has 1 amide bonds. The van der Waals surface area contributed by atoms with E-state index in [-0.39, 0.29) is 5.91 Å². The molecule has 5 rings (SSSR count). The molecule has 0 radical (unpaired) electrons. The summed E-state index contributed by atoms with van der Waals surface area (Å²) >= 11 is 0. The van der Waals surface area contributed by atoms with E-state index in [1.54, 1.807) is 7.11 Å². The maximum Gasteiger partial charge on any atom is 0.254 e. The number of rotatable bonds is 7. The number of ether oxygens (including phenoxy) is 1. The Morgan fingerprint density at radius 3 is 2.87 bits per heavy atom. The number of benzene rings is 2. The van der Waals surface area contributed by atoms with Crippen molar-refractivity contribution in [2.24, 2.45) is 5.92 Å². The van der Waals surface area contributed by atoms with Crippen molar-refractivity contribution in [1.29, 1.82) is 0 Å². The molecule has 1 aliphatic heterocycles. The topological polar surface area (TPSA) is 47.4 Å². The molecular formula is C26H29N3O2. The molecule has 5 nitrogen and oxygen atoms in total. The van der Waals surface area contributed by atoms with E-state index in [2.05, 4.69) is 35.9 Å². The Kier molecular flexibility index (Phi) is 5.26. The number of aromatic nitrogens is 2. The highest BCUT2D eigenvalue weighted by molar-refractivity contribution is 5.94. The Bertz CT molecular complexity index is 1090.